The summed E-state index contributed by atoms with van der Waals surface area (Å²) in [7, 11) is 0. The highest BCUT2D eigenvalue weighted by atomic mass is 35.5. The molecule has 4 rings (SSSR count). The molecule has 0 aliphatic heterocycles. The van der Waals surface area contributed by atoms with Crippen LogP contribution in [0.1, 0.15) is 49.6 Å². The Balaban J connectivity index is 1.46. The van der Waals surface area contributed by atoms with Gasteiger partial charge in [-0.3, -0.25) is 9.59 Å². The third kappa shape index (κ3) is 4.57. The lowest BCUT2D eigenvalue weighted by Crippen LogP contribution is -2.18. The number of fused-ring (bicyclic) bond motifs is 1. The molecule has 3 N–H and O–H groups in total. The summed E-state index contributed by atoms with van der Waals surface area (Å²) in [4.78, 5) is 25.8. The van der Waals surface area contributed by atoms with E-state index in [9.17, 15) is 14.0 Å². The van der Waals surface area contributed by atoms with E-state index in [2.05, 4.69) is 5.32 Å². The first-order chi connectivity index (χ1) is 14.9. The number of rotatable bonds is 6. The number of nitrogens with one attached hydrogen (secondary N) is 1. The van der Waals surface area contributed by atoms with Gasteiger partial charge in [-0.05, 0) is 67.6 Å². The number of carbonyl (C=O) groups excluding carboxylic acids is 2. The molecule has 0 atom stereocenters. The van der Waals surface area contributed by atoms with Gasteiger partial charge in [0.15, 0.2) is 0 Å². The molecule has 2 amide bonds. The summed E-state index contributed by atoms with van der Waals surface area (Å²) in [6, 6.07) is 10.9. The molecule has 31 heavy (non-hydrogen) atoms. The monoisotopic (exact) mass is 458 g/mol. The predicted molar refractivity (Wildman–Crippen MR) is 120 cm³/mol. The summed E-state index contributed by atoms with van der Waals surface area (Å²) in [5.41, 5.74) is 7.65. The Morgan fingerprint density at radius 3 is 2.58 bits per heavy atom. The number of hydrogen-bond acceptors (Lipinski definition) is 4. The molecule has 1 aromatic heterocycles. The van der Waals surface area contributed by atoms with Crippen molar-refractivity contribution in [2.24, 2.45) is 5.73 Å². The van der Waals surface area contributed by atoms with Crippen LogP contribution >= 0.6 is 22.9 Å². The molecule has 160 valence electrons. The third-order valence-electron chi connectivity index (χ3n) is 5.21. The SMILES string of the molecule is NC(=O)c1c(NC(=O)c2ccc(OCc3c(F)cccc3Cl)cc2)sc2c1CCCC2. The number of thiophene rings is 1. The number of carbonyl (C=O) groups is 2. The first-order valence-electron chi connectivity index (χ1n) is 9.85. The molecule has 5 nitrogen and oxygen atoms in total. The van der Waals surface area contributed by atoms with Crippen molar-refractivity contribution >= 4 is 39.8 Å². The Morgan fingerprint density at radius 1 is 1.13 bits per heavy atom. The lowest BCUT2D eigenvalue weighted by atomic mass is 9.95. The summed E-state index contributed by atoms with van der Waals surface area (Å²) < 4.78 is 19.5. The number of aryl methyl sites for hydroxylation is 1. The molecule has 1 aliphatic rings. The van der Waals surface area contributed by atoms with Crippen molar-refractivity contribution in [1.29, 1.82) is 0 Å². The van der Waals surface area contributed by atoms with Crippen LogP contribution in [0.25, 0.3) is 0 Å². The van der Waals surface area contributed by atoms with Crippen molar-refractivity contribution < 1.29 is 18.7 Å². The van der Waals surface area contributed by atoms with E-state index < -0.39 is 11.7 Å². The van der Waals surface area contributed by atoms with Gasteiger partial charge in [0.1, 0.15) is 23.2 Å². The number of hydrogen-bond donors (Lipinski definition) is 2. The number of anilines is 1. The fourth-order valence-electron chi connectivity index (χ4n) is 3.62. The quantitative estimate of drug-likeness (QED) is 0.522. The lowest BCUT2D eigenvalue weighted by molar-refractivity contribution is 0.100. The second-order valence-corrected chi connectivity index (χ2v) is 8.76. The standard InChI is InChI=1S/C23H20ClFN2O3S/c24-17-5-3-6-18(25)16(17)12-30-14-10-8-13(9-11-14)22(29)27-23-20(21(26)28)15-4-1-2-7-19(15)31-23/h3,5-6,8-11H,1-2,4,7,12H2,(H2,26,28)(H,27,29). The lowest BCUT2D eigenvalue weighted by Gasteiger charge is -2.11. The molecular formula is C23H20ClFN2O3S. The topological polar surface area (TPSA) is 81.4 Å². The van der Waals surface area contributed by atoms with Gasteiger partial charge in [0.05, 0.1) is 10.6 Å². The van der Waals surface area contributed by atoms with Gasteiger partial charge in [0.25, 0.3) is 11.8 Å². The number of ether oxygens (including phenoxy) is 1. The highest BCUT2D eigenvalue weighted by Gasteiger charge is 2.25. The van der Waals surface area contributed by atoms with E-state index in [0.29, 0.717) is 26.9 Å². The van der Waals surface area contributed by atoms with E-state index in [1.807, 2.05) is 0 Å². The van der Waals surface area contributed by atoms with Crippen LogP contribution in [-0.2, 0) is 19.4 Å². The largest absolute Gasteiger partial charge is 0.489 e. The van der Waals surface area contributed by atoms with Crippen molar-refractivity contribution in [1.82, 2.24) is 0 Å². The molecule has 0 bridgehead atoms. The maximum atomic E-state index is 13.9. The summed E-state index contributed by atoms with van der Waals surface area (Å²) >= 11 is 7.43. The molecule has 8 heteroatoms. The van der Waals surface area contributed by atoms with Crippen LogP contribution in [0.15, 0.2) is 42.5 Å². The maximum absolute atomic E-state index is 13.9. The molecular weight excluding hydrogens is 439 g/mol. The fraction of sp³-hybridized carbons (Fsp3) is 0.217. The molecule has 3 aromatic rings. The Labute approximate surface area is 188 Å². The number of amides is 2. The predicted octanol–water partition coefficient (Wildman–Crippen LogP) is 5.35. The zero-order valence-corrected chi connectivity index (χ0v) is 18.1. The first-order valence-corrected chi connectivity index (χ1v) is 11.0. The van der Waals surface area contributed by atoms with Crippen LogP contribution in [-0.4, -0.2) is 11.8 Å². The van der Waals surface area contributed by atoms with Crippen LogP contribution in [0, 0.1) is 5.82 Å². The van der Waals surface area contributed by atoms with Gasteiger partial charge < -0.3 is 15.8 Å². The second-order valence-electron chi connectivity index (χ2n) is 7.25. The van der Waals surface area contributed by atoms with Gasteiger partial charge in [-0.25, -0.2) is 4.39 Å². The smallest absolute Gasteiger partial charge is 0.256 e. The van der Waals surface area contributed by atoms with Crippen LogP contribution in [0.4, 0.5) is 9.39 Å². The minimum absolute atomic E-state index is 0.0280. The Bertz CT molecular complexity index is 1120. The fourth-order valence-corrected chi connectivity index (χ4v) is 5.13. The Morgan fingerprint density at radius 2 is 1.87 bits per heavy atom. The van der Waals surface area contributed by atoms with Crippen molar-refractivity contribution in [2.75, 3.05) is 5.32 Å². The van der Waals surface area contributed by atoms with Gasteiger partial charge in [-0.2, -0.15) is 0 Å². The Hall–Kier alpha value is -2.90. The average molecular weight is 459 g/mol. The van der Waals surface area contributed by atoms with E-state index in [4.69, 9.17) is 22.1 Å². The first kappa shape index (κ1) is 21.3. The van der Waals surface area contributed by atoms with Crippen molar-refractivity contribution in [3.63, 3.8) is 0 Å². The zero-order valence-electron chi connectivity index (χ0n) is 16.5. The van der Waals surface area contributed by atoms with Gasteiger partial charge in [0.2, 0.25) is 0 Å². The molecule has 1 heterocycles. The molecule has 0 spiro atoms. The zero-order chi connectivity index (χ0) is 22.0. The van der Waals surface area contributed by atoms with E-state index in [-0.39, 0.29) is 18.1 Å². The van der Waals surface area contributed by atoms with Crippen LogP contribution in [0.3, 0.4) is 0 Å². The highest BCUT2D eigenvalue weighted by molar-refractivity contribution is 7.17. The average Bonchev–Trinajstić information content (AvgIpc) is 3.11. The second kappa shape index (κ2) is 9.08. The highest BCUT2D eigenvalue weighted by Crippen LogP contribution is 2.38. The molecule has 0 unspecified atom stereocenters. The van der Waals surface area contributed by atoms with Crippen molar-refractivity contribution in [3.05, 3.63) is 80.4 Å². The molecule has 0 fully saturated rings. The summed E-state index contributed by atoms with van der Waals surface area (Å²) in [5.74, 6) is -0.831. The minimum Gasteiger partial charge on any atom is -0.489 e. The van der Waals surface area contributed by atoms with Gasteiger partial charge >= 0.3 is 0 Å². The van der Waals surface area contributed by atoms with Crippen LogP contribution in [0.5, 0.6) is 5.75 Å². The summed E-state index contributed by atoms with van der Waals surface area (Å²) in [5, 5.41) is 3.62. The van der Waals surface area contributed by atoms with Crippen molar-refractivity contribution in [3.8, 4) is 5.75 Å². The van der Waals surface area contributed by atoms with Gasteiger partial charge in [-0.15, -0.1) is 11.3 Å². The molecule has 0 saturated heterocycles. The van der Waals surface area contributed by atoms with E-state index in [0.717, 1.165) is 36.1 Å². The van der Waals surface area contributed by atoms with Gasteiger partial charge in [0, 0.05) is 16.0 Å². The number of benzene rings is 2. The number of halogens is 2. The number of primary amides is 1. The molecule has 1 aliphatic carbocycles. The van der Waals surface area contributed by atoms with E-state index in [1.54, 1.807) is 30.3 Å². The van der Waals surface area contributed by atoms with Crippen LogP contribution < -0.4 is 15.8 Å². The maximum Gasteiger partial charge on any atom is 0.256 e. The number of nitrogens with two attached hydrogens (primary N) is 1. The van der Waals surface area contributed by atoms with E-state index >= 15 is 0 Å². The molecule has 0 saturated carbocycles. The van der Waals surface area contributed by atoms with Crippen molar-refractivity contribution in [2.45, 2.75) is 32.3 Å². The molecule has 2 aromatic carbocycles. The minimum atomic E-state index is -0.523. The van der Waals surface area contributed by atoms with Gasteiger partial charge in [-0.1, -0.05) is 17.7 Å². The van der Waals surface area contributed by atoms with Crippen LogP contribution in [0.2, 0.25) is 5.02 Å². The normalized spacial score (nSPS) is 12.8. The van der Waals surface area contributed by atoms with E-state index in [1.165, 1.54) is 23.5 Å². The summed E-state index contributed by atoms with van der Waals surface area (Å²) in [6.45, 7) is -0.0280. The summed E-state index contributed by atoms with van der Waals surface area (Å²) in [6.07, 6.45) is 3.78. The Kier molecular flexibility index (Phi) is 6.25. The molecule has 0 radical (unpaired) electrons. The third-order valence-corrected chi connectivity index (χ3v) is 6.77.